The first kappa shape index (κ1) is 9.26. The van der Waals surface area contributed by atoms with Gasteiger partial charge in [0.05, 0.1) is 21.8 Å². The maximum Gasteiger partial charge on any atom is 0.233 e. The highest BCUT2D eigenvalue weighted by Crippen LogP contribution is 2.21. The second-order valence-corrected chi connectivity index (χ2v) is 3.14. The van der Waals surface area contributed by atoms with E-state index in [0.717, 1.165) is 11.3 Å². The lowest BCUT2D eigenvalue weighted by Crippen LogP contribution is -2.16. The zero-order chi connectivity index (χ0) is 9.14. The molecule has 0 aliphatic rings. The molecule has 2 nitrogen and oxygen atoms in total. The van der Waals surface area contributed by atoms with Crippen molar-refractivity contribution in [2.75, 3.05) is 3.93 Å². The van der Waals surface area contributed by atoms with Crippen LogP contribution in [0.1, 0.15) is 12.5 Å². The largest absolute Gasteiger partial charge is 0.274 e. The minimum Gasteiger partial charge on any atom is -0.274 e. The molecule has 0 aliphatic heterocycles. The molecular weight excluding hydrogens is 218 g/mol. The van der Waals surface area contributed by atoms with Crippen LogP contribution in [0.3, 0.4) is 0 Å². The van der Waals surface area contributed by atoms with Crippen LogP contribution in [0.25, 0.3) is 0 Å². The smallest absolute Gasteiger partial charge is 0.233 e. The lowest BCUT2D eigenvalue weighted by atomic mass is 10.2. The normalized spacial score (nSPS) is 9.58. The Kier molecular flexibility index (Phi) is 2.87. The number of halogens is 1. The highest BCUT2D eigenvalue weighted by molar-refractivity contribution is 9.10. The van der Waals surface area contributed by atoms with E-state index in [1.807, 2.05) is 24.3 Å². The molecule has 1 amide bonds. The van der Waals surface area contributed by atoms with Crippen LogP contribution < -0.4 is 3.93 Å². The Morgan fingerprint density at radius 1 is 1.50 bits per heavy atom. The number of carbonyl (C=O) groups excluding carboxylic acids is 1. The summed E-state index contributed by atoms with van der Waals surface area (Å²) in [5.41, 5.74) is 1.61. The fourth-order valence-corrected chi connectivity index (χ4v) is 1.22. The fraction of sp³-hybridized carbons (Fsp3) is 0.111. The lowest BCUT2D eigenvalue weighted by molar-refractivity contribution is -0.115. The highest BCUT2D eigenvalue weighted by Gasteiger charge is 2.08. The predicted molar refractivity (Wildman–Crippen MR) is 53.0 cm³/mol. The molecular formula is C9H9BrNO. The molecule has 0 aromatic heterocycles. The molecule has 1 radical (unpaired) electrons. The number of nitrogens with zero attached hydrogens (tertiary/aromatic N) is 1. The van der Waals surface area contributed by atoms with E-state index in [2.05, 4.69) is 23.1 Å². The number of amides is 1. The van der Waals surface area contributed by atoms with Crippen molar-refractivity contribution in [3.63, 3.8) is 0 Å². The van der Waals surface area contributed by atoms with E-state index >= 15 is 0 Å². The number of hydrogen-bond donors (Lipinski definition) is 0. The van der Waals surface area contributed by atoms with Crippen LogP contribution in [0, 0.1) is 6.92 Å². The maximum absolute atomic E-state index is 10.9. The van der Waals surface area contributed by atoms with Crippen LogP contribution in [0.4, 0.5) is 5.69 Å². The van der Waals surface area contributed by atoms with Crippen LogP contribution in [-0.4, -0.2) is 5.91 Å². The Balaban J connectivity index is 3.02. The van der Waals surface area contributed by atoms with Gasteiger partial charge in [0, 0.05) is 6.92 Å². The SMILES string of the molecule is [CH2]c1ccccc1N(Br)C(C)=O. The molecule has 3 heteroatoms. The molecule has 12 heavy (non-hydrogen) atoms. The minimum absolute atomic E-state index is 0.0638. The van der Waals surface area contributed by atoms with Crippen molar-refractivity contribution >= 4 is 27.7 Å². The Morgan fingerprint density at radius 3 is 2.58 bits per heavy atom. The number of hydrogen-bond acceptors (Lipinski definition) is 1. The number of rotatable bonds is 1. The maximum atomic E-state index is 10.9. The summed E-state index contributed by atoms with van der Waals surface area (Å²) < 4.78 is 1.40. The monoisotopic (exact) mass is 226 g/mol. The van der Waals surface area contributed by atoms with Gasteiger partial charge in [0.25, 0.3) is 0 Å². The molecule has 0 heterocycles. The van der Waals surface area contributed by atoms with E-state index in [-0.39, 0.29) is 5.91 Å². The van der Waals surface area contributed by atoms with Crippen LogP contribution in [0.5, 0.6) is 0 Å². The van der Waals surface area contributed by atoms with Crippen molar-refractivity contribution in [3.8, 4) is 0 Å². The zero-order valence-electron chi connectivity index (χ0n) is 6.75. The molecule has 1 aromatic carbocycles. The first-order valence-electron chi connectivity index (χ1n) is 3.50. The molecule has 0 bridgehead atoms. The van der Waals surface area contributed by atoms with Crippen molar-refractivity contribution in [1.82, 2.24) is 0 Å². The van der Waals surface area contributed by atoms with Gasteiger partial charge in [0.15, 0.2) is 0 Å². The summed E-state index contributed by atoms with van der Waals surface area (Å²) in [6.07, 6.45) is 0. The number of para-hydroxylation sites is 1. The highest BCUT2D eigenvalue weighted by atomic mass is 79.9. The molecule has 63 valence electrons. The molecule has 1 aromatic rings. The van der Waals surface area contributed by atoms with E-state index in [1.54, 1.807) is 0 Å². The molecule has 0 atom stereocenters. The van der Waals surface area contributed by atoms with Crippen molar-refractivity contribution in [2.45, 2.75) is 6.92 Å². The first-order chi connectivity index (χ1) is 5.63. The van der Waals surface area contributed by atoms with Crippen LogP contribution in [0.15, 0.2) is 24.3 Å². The third-order valence-corrected chi connectivity index (χ3v) is 2.36. The molecule has 0 unspecified atom stereocenters. The van der Waals surface area contributed by atoms with Gasteiger partial charge in [-0.1, -0.05) is 18.2 Å². The Hall–Kier alpha value is -0.830. The van der Waals surface area contributed by atoms with Crippen molar-refractivity contribution in [2.24, 2.45) is 0 Å². The van der Waals surface area contributed by atoms with Crippen LogP contribution >= 0.6 is 16.1 Å². The summed E-state index contributed by atoms with van der Waals surface area (Å²) in [4.78, 5) is 10.9. The summed E-state index contributed by atoms with van der Waals surface area (Å²) in [6.45, 7) is 5.29. The number of anilines is 1. The fourth-order valence-electron chi connectivity index (χ4n) is 0.872. The molecule has 0 spiro atoms. The van der Waals surface area contributed by atoms with E-state index < -0.39 is 0 Å². The average molecular weight is 227 g/mol. The van der Waals surface area contributed by atoms with E-state index in [9.17, 15) is 4.79 Å². The van der Waals surface area contributed by atoms with E-state index in [0.29, 0.717) is 0 Å². The molecule has 0 N–H and O–H groups in total. The second kappa shape index (κ2) is 3.72. The molecule has 1 rings (SSSR count). The van der Waals surface area contributed by atoms with Gasteiger partial charge in [-0.05, 0) is 18.6 Å². The molecule has 0 fully saturated rings. The lowest BCUT2D eigenvalue weighted by Gasteiger charge is -2.13. The molecule has 0 saturated carbocycles. The summed E-state index contributed by atoms with van der Waals surface area (Å²) in [5.74, 6) is -0.0638. The second-order valence-electron chi connectivity index (χ2n) is 2.43. The molecule has 0 saturated heterocycles. The van der Waals surface area contributed by atoms with Gasteiger partial charge in [-0.25, -0.2) is 3.93 Å². The summed E-state index contributed by atoms with van der Waals surface area (Å²) in [5, 5.41) is 0. The van der Waals surface area contributed by atoms with Gasteiger partial charge >= 0.3 is 0 Å². The topological polar surface area (TPSA) is 20.3 Å². The van der Waals surface area contributed by atoms with Crippen LogP contribution in [0.2, 0.25) is 0 Å². The average Bonchev–Trinajstić information content (AvgIpc) is 2.04. The Morgan fingerprint density at radius 2 is 2.08 bits per heavy atom. The standard InChI is InChI=1S/C9H9BrNO/c1-7-5-3-4-6-9(7)11(10)8(2)12/h3-6H,1H2,2H3. The van der Waals surface area contributed by atoms with Gasteiger partial charge in [-0.3, -0.25) is 4.79 Å². The van der Waals surface area contributed by atoms with Gasteiger partial charge < -0.3 is 0 Å². The van der Waals surface area contributed by atoms with Gasteiger partial charge in [0.1, 0.15) is 0 Å². The van der Waals surface area contributed by atoms with Gasteiger partial charge in [-0.15, -0.1) is 0 Å². The van der Waals surface area contributed by atoms with Crippen molar-refractivity contribution in [1.29, 1.82) is 0 Å². The Labute approximate surface area is 80.5 Å². The first-order valence-corrected chi connectivity index (χ1v) is 4.21. The van der Waals surface area contributed by atoms with E-state index in [4.69, 9.17) is 0 Å². The zero-order valence-corrected chi connectivity index (χ0v) is 8.34. The number of benzene rings is 1. The summed E-state index contributed by atoms with van der Waals surface area (Å²) in [6, 6.07) is 7.43. The third kappa shape index (κ3) is 1.85. The van der Waals surface area contributed by atoms with E-state index in [1.165, 1.54) is 10.8 Å². The predicted octanol–water partition coefficient (Wildman–Crippen LogP) is 2.53. The summed E-state index contributed by atoms with van der Waals surface area (Å²) in [7, 11) is 0. The summed E-state index contributed by atoms with van der Waals surface area (Å²) >= 11 is 3.14. The Bertz CT molecular complexity index is 298. The van der Waals surface area contributed by atoms with Gasteiger partial charge in [-0.2, -0.15) is 0 Å². The quantitative estimate of drug-likeness (QED) is 0.675. The molecule has 0 aliphatic carbocycles. The van der Waals surface area contributed by atoms with Crippen LogP contribution in [-0.2, 0) is 4.79 Å². The van der Waals surface area contributed by atoms with Crippen molar-refractivity contribution in [3.05, 3.63) is 36.8 Å². The van der Waals surface area contributed by atoms with Crippen molar-refractivity contribution < 1.29 is 4.79 Å². The third-order valence-electron chi connectivity index (χ3n) is 1.48. The minimum atomic E-state index is -0.0638. The number of carbonyl (C=O) groups is 1. The van der Waals surface area contributed by atoms with Gasteiger partial charge in [0.2, 0.25) is 5.91 Å².